The third kappa shape index (κ3) is 49.6. The van der Waals surface area contributed by atoms with E-state index in [1.165, 1.54) is 14.1 Å². The van der Waals surface area contributed by atoms with E-state index in [4.69, 9.17) is 0 Å². The first-order valence-electron chi connectivity index (χ1n) is 1.20. The van der Waals surface area contributed by atoms with E-state index < -0.39 is 0 Å². The van der Waals surface area contributed by atoms with Gasteiger partial charge in [-0.05, 0) is 0 Å². The average Bonchev–Trinajstić information content (AvgIpc) is 0.811. The molecule has 0 saturated carbocycles. The van der Waals surface area contributed by atoms with Gasteiger partial charge in [0.25, 0.3) is 0 Å². The maximum absolute atomic E-state index is 9.44. The molecule has 0 atom stereocenters. The van der Waals surface area contributed by atoms with Gasteiger partial charge in [-0.1, -0.05) is 0 Å². The van der Waals surface area contributed by atoms with Crippen LogP contribution in [0.15, 0.2) is 0 Å². The maximum atomic E-state index is 9.44. The summed E-state index contributed by atoms with van der Waals surface area (Å²) in [6, 6.07) is 0. The minimum absolute atomic E-state index is 0. The molecule has 1 N–H and O–H groups in total. The molecule has 0 heterocycles. The topological polar surface area (TPSA) is 27.5 Å². The second-order valence-electron chi connectivity index (χ2n) is 0.908. The van der Waals surface area contributed by atoms with Crippen molar-refractivity contribution in [1.29, 1.82) is 0 Å². The minimum atomic E-state index is 0. The van der Waals surface area contributed by atoms with Gasteiger partial charge in [0.15, 0.2) is 0 Å². The van der Waals surface area contributed by atoms with Gasteiger partial charge in [-0.15, -0.1) is 0 Å². The van der Waals surface area contributed by atoms with Crippen LogP contribution in [0.2, 0.25) is 0 Å². The van der Waals surface area contributed by atoms with Gasteiger partial charge in [-0.2, -0.15) is 0 Å². The van der Waals surface area contributed by atoms with Crippen LogP contribution in [0.4, 0.5) is 0 Å². The van der Waals surface area contributed by atoms with Gasteiger partial charge in [-0.3, -0.25) is 0 Å². The zero-order chi connectivity index (χ0) is 3.58. The molecule has 0 radical (unpaired) electrons. The van der Waals surface area contributed by atoms with E-state index in [-0.39, 0.29) is 34.6 Å². The van der Waals surface area contributed by atoms with E-state index >= 15 is 0 Å². The molecular formula is C2H7NNaO+. The smallest absolute Gasteiger partial charge is 0.635 e. The fourth-order valence-electron chi connectivity index (χ4n) is 0. The summed E-state index contributed by atoms with van der Waals surface area (Å²) in [7, 11) is 3.06. The van der Waals surface area contributed by atoms with Crippen LogP contribution in [-0.2, 0) is 0 Å². The molecule has 0 bridgehead atoms. The Bertz CT molecular complexity index is 14.4. The number of hydroxylamine groups is 2. The van der Waals surface area contributed by atoms with E-state index in [2.05, 4.69) is 0 Å². The summed E-state index contributed by atoms with van der Waals surface area (Å²) in [5.74, 6) is 0. The molecule has 0 fully saturated rings. The van der Waals surface area contributed by atoms with Gasteiger partial charge < -0.3 is 10.3 Å². The molecule has 0 spiro atoms. The molecule has 0 aromatic rings. The van der Waals surface area contributed by atoms with Crippen molar-refractivity contribution in [2.24, 2.45) is 0 Å². The third-order valence-electron chi connectivity index (χ3n) is 0. The van der Waals surface area contributed by atoms with Crippen molar-refractivity contribution in [3.05, 3.63) is 5.21 Å². The Morgan fingerprint density at radius 2 is 1.40 bits per heavy atom. The van der Waals surface area contributed by atoms with Crippen molar-refractivity contribution in [3.8, 4) is 0 Å². The predicted octanol–water partition coefficient (Wildman–Crippen LogP) is -4.37. The van der Waals surface area contributed by atoms with Crippen molar-refractivity contribution in [1.82, 2.24) is 0 Å². The molecule has 0 amide bonds. The van der Waals surface area contributed by atoms with Gasteiger partial charge in [0.2, 0.25) is 0 Å². The summed E-state index contributed by atoms with van der Waals surface area (Å²) in [6.07, 6.45) is 0. The van der Waals surface area contributed by atoms with Gasteiger partial charge in [0, 0.05) is 0 Å². The molecule has 26 valence electrons. The molecule has 0 aliphatic carbocycles. The van der Waals surface area contributed by atoms with Crippen LogP contribution in [0, 0.1) is 5.21 Å². The molecule has 0 aromatic carbocycles. The normalized spacial score (nSPS) is 7.20. The van der Waals surface area contributed by atoms with E-state index in [0.29, 0.717) is 0 Å². The summed E-state index contributed by atoms with van der Waals surface area (Å²) in [5.41, 5.74) is 0. The number of quaternary nitrogens is 1. The Morgan fingerprint density at radius 3 is 1.40 bits per heavy atom. The fraction of sp³-hybridized carbons (Fsp3) is 1.00. The van der Waals surface area contributed by atoms with Crippen molar-refractivity contribution in [2.45, 2.75) is 0 Å². The summed E-state index contributed by atoms with van der Waals surface area (Å²) in [5, 5.41) is 9.61. The third-order valence-corrected chi connectivity index (χ3v) is 0. The van der Waals surface area contributed by atoms with Crippen LogP contribution in [0.25, 0.3) is 0 Å². The molecule has 0 saturated heterocycles. The molecular weight excluding hydrogens is 77.0 g/mol. The molecule has 0 aliphatic rings. The van der Waals surface area contributed by atoms with Crippen LogP contribution in [0.5, 0.6) is 0 Å². The Balaban J connectivity index is 0. The average molecular weight is 84.1 g/mol. The molecule has 0 rings (SSSR count). The van der Waals surface area contributed by atoms with E-state index in [9.17, 15) is 5.21 Å². The van der Waals surface area contributed by atoms with Crippen LogP contribution in [0.3, 0.4) is 0 Å². The summed E-state index contributed by atoms with van der Waals surface area (Å²) >= 11 is 0. The largest absolute Gasteiger partial charge is 1.00 e. The predicted molar refractivity (Wildman–Crippen MR) is 16.2 cm³/mol. The zero-order valence-electron chi connectivity index (χ0n) is 3.91. The number of nitrogens with one attached hydrogen (secondary N) is 1. The van der Waals surface area contributed by atoms with E-state index in [1.54, 1.807) is 0 Å². The van der Waals surface area contributed by atoms with Crippen molar-refractivity contribution in [2.75, 3.05) is 14.1 Å². The van der Waals surface area contributed by atoms with E-state index in [1.807, 2.05) is 0 Å². The van der Waals surface area contributed by atoms with Crippen molar-refractivity contribution < 1.29 is 34.6 Å². The summed E-state index contributed by atoms with van der Waals surface area (Å²) < 4.78 is 0. The number of rotatable bonds is 0. The van der Waals surface area contributed by atoms with Crippen molar-refractivity contribution in [3.63, 3.8) is 0 Å². The number of hydrogen-bond donors (Lipinski definition) is 1. The second kappa shape index (κ2) is 4.92. The summed E-state index contributed by atoms with van der Waals surface area (Å²) in [6.45, 7) is 0. The van der Waals surface area contributed by atoms with Gasteiger partial charge in [-0.25, -0.2) is 0 Å². The minimum Gasteiger partial charge on any atom is -0.635 e. The Kier molecular flexibility index (Phi) is 9.18. The van der Waals surface area contributed by atoms with Gasteiger partial charge >= 0.3 is 29.6 Å². The Hall–Kier alpha value is 0.920. The van der Waals surface area contributed by atoms with E-state index in [0.717, 1.165) is 0 Å². The van der Waals surface area contributed by atoms with Crippen LogP contribution >= 0.6 is 0 Å². The van der Waals surface area contributed by atoms with Gasteiger partial charge in [0.1, 0.15) is 0 Å². The summed E-state index contributed by atoms with van der Waals surface area (Å²) in [4.78, 5) is 0. The number of hydrogen-bond acceptors (Lipinski definition) is 1. The second-order valence-corrected chi connectivity index (χ2v) is 0.908. The monoisotopic (exact) mass is 84.0 g/mol. The Morgan fingerprint density at radius 1 is 1.40 bits per heavy atom. The Labute approximate surface area is 54.0 Å². The molecule has 0 unspecified atom stereocenters. The first-order chi connectivity index (χ1) is 1.73. The molecule has 2 nitrogen and oxygen atoms in total. The zero-order valence-corrected chi connectivity index (χ0v) is 5.91. The van der Waals surface area contributed by atoms with Gasteiger partial charge in [0.05, 0.1) is 14.1 Å². The quantitative estimate of drug-likeness (QED) is 0.233. The SMILES string of the molecule is C[NH+](C)[O-].[Na+]. The first kappa shape index (κ1) is 9.33. The molecule has 5 heavy (non-hydrogen) atoms. The maximum Gasteiger partial charge on any atom is 1.00 e. The van der Waals surface area contributed by atoms with Crippen LogP contribution < -0.4 is 34.6 Å². The molecule has 0 aliphatic heterocycles. The fourth-order valence-corrected chi connectivity index (χ4v) is 0. The molecule has 0 aromatic heterocycles. The first-order valence-corrected chi connectivity index (χ1v) is 1.20. The standard InChI is InChI=1S/C2H7NO.Na/c1-3(2)4;/h3H,1-2H3;/q;+1. The molecule has 3 heteroatoms. The van der Waals surface area contributed by atoms with Crippen LogP contribution in [0.1, 0.15) is 0 Å². The van der Waals surface area contributed by atoms with Crippen molar-refractivity contribution >= 4 is 0 Å². The van der Waals surface area contributed by atoms with Crippen LogP contribution in [-0.4, -0.2) is 14.1 Å².